The third-order valence-corrected chi connectivity index (χ3v) is 4.44. The van der Waals surface area contributed by atoms with Crippen LogP contribution >= 0.6 is 15.9 Å². The van der Waals surface area contributed by atoms with Gasteiger partial charge in [0.15, 0.2) is 5.82 Å². The third kappa shape index (κ3) is 4.12. The van der Waals surface area contributed by atoms with Crippen molar-refractivity contribution in [3.05, 3.63) is 89.0 Å². The lowest BCUT2D eigenvalue weighted by Gasteiger charge is -2.02. The molecule has 134 valence electrons. The van der Waals surface area contributed by atoms with E-state index in [2.05, 4.69) is 36.4 Å². The van der Waals surface area contributed by atoms with Crippen LogP contribution in [0.25, 0.3) is 5.69 Å². The van der Waals surface area contributed by atoms with E-state index < -0.39 is 0 Å². The maximum atomic E-state index is 12.5. The van der Waals surface area contributed by atoms with E-state index >= 15 is 0 Å². The lowest BCUT2D eigenvalue weighted by Crippen LogP contribution is -2.12. The highest BCUT2D eigenvalue weighted by Crippen LogP contribution is 2.15. The minimum atomic E-state index is -0.257. The van der Waals surface area contributed by atoms with Crippen LogP contribution in [0.5, 0.6) is 0 Å². The number of pyridine rings is 1. The maximum Gasteiger partial charge on any atom is 0.260 e. The fourth-order valence-corrected chi connectivity index (χ4v) is 2.82. The number of carbonyl (C=O) groups is 1. The van der Waals surface area contributed by atoms with E-state index in [0.717, 1.165) is 15.7 Å². The number of nitrogens with one attached hydrogen (secondary N) is 1. The summed E-state index contributed by atoms with van der Waals surface area (Å²) in [6.45, 7) is 0.611. The van der Waals surface area contributed by atoms with Crippen molar-refractivity contribution in [2.24, 2.45) is 0 Å². The molecule has 7 nitrogen and oxygen atoms in total. The molecule has 0 aliphatic carbocycles. The van der Waals surface area contributed by atoms with Crippen molar-refractivity contribution in [3.63, 3.8) is 0 Å². The van der Waals surface area contributed by atoms with Crippen LogP contribution in [-0.2, 0) is 6.54 Å². The van der Waals surface area contributed by atoms with Crippen molar-refractivity contribution in [2.45, 2.75) is 6.54 Å². The van der Waals surface area contributed by atoms with Gasteiger partial charge in [0.05, 0.1) is 24.0 Å². The molecule has 0 radical (unpaired) electrons. The van der Waals surface area contributed by atoms with Crippen molar-refractivity contribution >= 4 is 27.7 Å². The fraction of sp³-hybridized carbons (Fsp3) is 0.0526. The van der Waals surface area contributed by atoms with Gasteiger partial charge >= 0.3 is 0 Å². The Balaban J connectivity index is 1.43. The Kier molecular flexibility index (Phi) is 4.80. The van der Waals surface area contributed by atoms with Crippen LogP contribution in [0.1, 0.15) is 15.9 Å². The monoisotopic (exact) mass is 422 g/mol. The van der Waals surface area contributed by atoms with Gasteiger partial charge < -0.3 is 5.32 Å². The summed E-state index contributed by atoms with van der Waals surface area (Å²) in [7, 11) is 0. The van der Waals surface area contributed by atoms with Crippen LogP contribution in [-0.4, -0.2) is 30.5 Å². The van der Waals surface area contributed by atoms with Gasteiger partial charge in [-0.1, -0.05) is 15.9 Å². The van der Waals surface area contributed by atoms with Crippen LogP contribution in [0.2, 0.25) is 0 Å². The molecule has 1 aromatic carbocycles. The van der Waals surface area contributed by atoms with Gasteiger partial charge in [-0.15, -0.1) is 0 Å². The smallest absolute Gasteiger partial charge is 0.260 e. The number of hydrogen-bond donors (Lipinski definition) is 1. The van der Waals surface area contributed by atoms with Crippen LogP contribution in [0.15, 0.2) is 77.9 Å². The zero-order valence-corrected chi connectivity index (χ0v) is 15.7. The molecular weight excluding hydrogens is 408 g/mol. The molecule has 3 aromatic heterocycles. The van der Waals surface area contributed by atoms with Gasteiger partial charge in [-0.3, -0.25) is 14.5 Å². The summed E-state index contributed by atoms with van der Waals surface area (Å²) in [6, 6.07) is 13.3. The van der Waals surface area contributed by atoms with Crippen molar-refractivity contribution in [1.29, 1.82) is 0 Å². The first-order chi connectivity index (χ1) is 13.2. The minimum absolute atomic E-state index is 0.257. The molecule has 0 fully saturated rings. The Morgan fingerprint density at radius 2 is 1.85 bits per heavy atom. The molecule has 0 atom stereocenters. The molecule has 0 aliphatic rings. The van der Waals surface area contributed by atoms with Crippen LogP contribution < -0.4 is 5.32 Å². The number of anilines is 1. The minimum Gasteiger partial charge on any atom is -0.305 e. The van der Waals surface area contributed by atoms with Gasteiger partial charge in [0.2, 0.25) is 0 Å². The molecule has 0 saturated carbocycles. The van der Waals surface area contributed by atoms with Gasteiger partial charge in [0.1, 0.15) is 0 Å². The standard InChI is InChI=1S/C19H15BrN6O/c20-16-1-3-17(4-2-16)26-13-15(11-22-26)19(27)23-18-7-10-25(24-18)12-14-5-8-21-9-6-14/h1-11,13H,12H2,(H,23,24,27). The Bertz CT molecular complexity index is 1060. The maximum absolute atomic E-state index is 12.5. The summed E-state index contributed by atoms with van der Waals surface area (Å²) >= 11 is 3.40. The van der Waals surface area contributed by atoms with E-state index in [1.54, 1.807) is 34.0 Å². The predicted octanol–water partition coefficient (Wildman–Crippen LogP) is 3.53. The van der Waals surface area contributed by atoms with E-state index in [0.29, 0.717) is 17.9 Å². The molecule has 0 bridgehead atoms. The quantitative estimate of drug-likeness (QED) is 0.533. The highest BCUT2D eigenvalue weighted by molar-refractivity contribution is 9.10. The molecule has 0 spiro atoms. The fourth-order valence-electron chi connectivity index (χ4n) is 2.56. The number of benzene rings is 1. The average Bonchev–Trinajstić information content (AvgIpc) is 3.33. The van der Waals surface area contributed by atoms with Crippen LogP contribution in [0.4, 0.5) is 5.82 Å². The van der Waals surface area contributed by atoms with E-state index in [4.69, 9.17) is 0 Å². The normalized spacial score (nSPS) is 10.7. The second-order valence-corrected chi connectivity index (χ2v) is 6.77. The molecule has 1 amide bonds. The van der Waals surface area contributed by atoms with Crippen molar-refractivity contribution in [3.8, 4) is 5.69 Å². The number of carbonyl (C=O) groups excluding carboxylic acids is 1. The first-order valence-corrected chi connectivity index (χ1v) is 9.01. The number of nitrogens with zero attached hydrogens (tertiary/aromatic N) is 5. The molecule has 27 heavy (non-hydrogen) atoms. The Morgan fingerprint density at radius 3 is 2.63 bits per heavy atom. The molecular formula is C19H15BrN6O. The topological polar surface area (TPSA) is 77.6 Å². The number of rotatable bonds is 5. The zero-order valence-electron chi connectivity index (χ0n) is 14.2. The van der Waals surface area contributed by atoms with E-state index in [1.807, 2.05) is 42.6 Å². The molecule has 4 aromatic rings. The number of hydrogen-bond acceptors (Lipinski definition) is 4. The molecule has 0 saturated heterocycles. The molecule has 0 aliphatic heterocycles. The van der Waals surface area contributed by atoms with E-state index in [1.165, 1.54) is 6.20 Å². The summed E-state index contributed by atoms with van der Waals surface area (Å²) in [6.07, 6.45) is 8.52. The molecule has 1 N–H and O–H groups in total. The summed E-state index contributed by atoms with van der Waals surface area (Å²) in [4.78, 5) is 16.4. The Hall–Kier alpha value is -3.26. The second kappa shape index (κ2) is 7.55. The van der Waals surface area contributed by atoms with E-state index in [9.17, 15) is 4.79 Å². The Labute approximate surface area is 163 Å². The molecule has 3 heterocycles. The van der Waals surface area contributed by atoms with Gasteiger partial charge in [-0.2, -0.15) is 10.2 Å². The van der Waals surface area contributed by atoms with Gasteiger partial charge in [0.25, 0.3) is 5.91 Å². The Morgan fingerprint density at radius 1 is 1.07 bits per heavy atom. The largest absolute Gasteiger partial charge is 0.305 e. The first kappa shape index (κ1) is 17.2. The summed E-state index contributed by atoms with van der Waals surface area (Å²) in [5.41, 5.74) is 2.42. The second-order valence-electron chi connectivity index (χ2n) is 5.86. The highest BCUT2D eigenvalue weighted by Gasteiger charge is 2.11. The first-order valence-electron chi connectivity index (χ1n) is 8.22. The lowest BCUT2D eigenvalue weighted by molar-refractivity contribution is 0.102. The predicted molar refractivity (Wildman–Crippen MR) is 105 cm³/mol. The van der Waals surface area contributed by atoms with Crippen LogP contribution in [0.3, 0.4) is 0 Å². The van der Waals surface area contributed by atoms with Gasteiger partial charge in [0, 0.05) is 35.3 Å². The number of amides is 1. The summed E-state index contributed by atoms with van der Waals surface area (Å²) < 4.78 is 4.40. The van der Waals surface area contributed by atoms with Gasteiger partial charge in [-0.05, 0) is 42.0 Å². The van der Waals surface area contributed by atoms with Crippen LogP contribution in [0, 0.1) is 0 Å². The van der Waals surface area contributed by atoms with Gasteiger partial charge in [-0.25, -0.2) is 4.68 Å². The summed E-state index contributed by atoms with van der Waals surface area (Å²) in [5, 5.41) is 11.4. The molecule has 8 heteroatoms. The number of halogens is 1. The molecule has 0 unspecified atom stereocenters. The summed E-state index contributed by atoms with van der Waals surface area (Å²) in [5.74, 6) is 0.234. The number of aromatic nitrogens is 5. The zero-order chi connectivity index (χ0) is 18.6. The third-order valence-electron chi connectivity index (χ3n) is 3.91. The average molecular weight is 423 g/mol. The van der Waals surface area contributed by atoms with Crippen molar-refractivity contribution in [1.82, 2.24) is 24.5 Å². The highest BCUT2D eigenvalue weighted by atomic mass is 79.9. The lowest BCUT2D eigenvalue weighted by atomic mass is 10.3. The SMILES string of the molecule is O=C(Nc1ccn(Cc2ccncc2)n1)c1cnn(-c2ccc(Br)cc2)c1. The van der Waals surface area contributed by atoms with E-state index in [-0.39, 0.29) is 5.91 Å². The van der Waals surface area contributed by atoms with Crippen molar-refractivity contribution in [2.75, 3.05) is 5.32 Å². The molecule has 4 rings (SSSR count). The van der Waals surface area contributed by atoms with Crippen molar-refractivity contribution < 1.29 is 4.79 Å².